The number of carbonyl (C=O) groups is 1. The molecule has 106 valence electrons. The Morgan fingerprint density at radius 2 is 2.00 bits per heavy atom. The van der Waals surface area contributed by atoms with Gasteiger partial charge in [0.2, 0.25) is 0 Å². The molecule has 6 nitrogen and oxygen atoms in total. The molecule has 1 aromatic carbocycles. The molecule has 2 rings (SSSR count). The Morgan fingerprint density at radius 3 is 2.62 bits per heavy atom. The number of carbonyl (C=O) groups excluding carboxylic acids is 1. The second-order valence-corrected chi connectivity index (χ2v) is 4.14. The molecule has 0 amide bonds. The molecule has 0 aliphatic heterocycles. The van der Waals surface area contributed by atoms with Gasteiger partial charge in [-0.3, -0.25) is 0 Å². The minimum absolute atomic E-state index is 0.0930. The van der Waals surface area contributed by atoms with Crippen LogP contribution >= 0.6 is 0 Å². The fourth-order valence-corrected chi connectivity index (χ4v) is 1.62. The van der Waals surface area contributed by atoms with E-state index in [0.717, 1.165) is 0 Å². The van der Waals surface area contributed by atoms with E-state index in [-0.39, 0.29) is 17.7 Å². The average Bonchev–Trinajstić information content (AvgIpc) is 2.47. The van der Waals surface area contributed by atoms with Crippen LogP contribution in [-0.4, -0.2) is 22.5 Å². The van der Waals surface area contributed by atoms with Gasteiger partial charge < -0.3 is 9.47 Å². The maximum atomic E-state index is 11.5. The van der Waals surface area contributed by atoms with Crippen molar-refractivity contribution in [3.63, 3.8) is 0 Å². The first-order valence-electron chi connectivity index (χ1n) is 6.33. The first-order chi connectivity index (χ1) is 10.1. The van der Waals surface area contributed by atoms with E-state index < -0.39 is 0 Å². The summed E-state index contributed by atoms with van der Waals surface area (Å²) in [6, 6.07) is 10.0. The standard InChI is InChI=1S/C15H13N3O3/c1-3-20-14(19)11-4-6-13(7-5-11)21-15-17-10(2)8-12(9-16)18-15/h4-8H,3H2,1-2H3. The van der Waals surface area contributed by atoms with Crippen LogP contribution in [0, 0.1) is 18.3 Å². The van der Waals surface area contributed by atoms with Gasteiger partial charge in [0.15, 0.2) is 0 Å². The van der Waals surface area contributed by atoms with Gasteiger partial charge >= 0.3 is 12.0 Å². The molecule has 21 heavy (non-hydrogen) atoms. The number of hydrogen-bond donors (Lipinski definition) is 0. The number of aryl methyl sites for hydroxylation is 1. The molecule has 0 N–H and O–H groups in total. The number of ether oxygens (including phenoxy) is 2. The van der Waals surface area contributed by atoms with Gasteiger partial charge in [0.1, 0.15) is 17.5 Å². The molecule has 0 saturated carbocycles. The van der Waals surface area contributed by atoms with Gasteiger partial charge in [0, 0.05) is 5.69 Å². The van der Waals surface area contributed by atoms with Crippen LogP contribution < -0.4 is 4.74 Å². The van der Waals surface area contributed by atoms with Crippen LogP contribution in [0.5, 0.6) is 11.8 Å². The number of nitrogens with zero attached hydrogens (tertiary/aromatic N) is 3. The lowest BCUT2D eigenvalue weighted by atomic mass is 10.2. The van der Waals surface area contributed by atoms with Gasteiger partial charge in [-0.25, -0.2) is 9.78 Å². The van der Waals surface area contributed by atoms with E-state index in [9.17, 15) is 4.79 Å². The summed E-state index contributed by atoms with van der Waals surface area (Å²) in [5.74, 6) is 0.0835. The van der Waals surface area contributed by atoms with Gasteiger partial charge in [-0.1, -0.05) is 0 Å². The first kappa shape index (κ1) is 14.5. The molecule has 0 fully saturated rings. The maximum Gasteiger partial charge on any atom is 0.338 e. The number of benzene rings is 1. The van der Waals surface area contributed by atoms with Gasteiger partial charge in [-0.15, -0.1) is 0 Å². The number of hydrogen-bond acceptors (Lipinski definition) is 6. The van der Waals surface area contributed by atoms with Gasteiger partial charge in [-0.05, 0) is 44.2 Å². The molecule has 1 aromatic heterocycles. The minimum atomic E-state index is -0.386. The van der Waals surface area contributed by atoms with E-state index in [1.54, 1.807) is 44.2 Å². The highest BCUT2D eigenvalue weighted by atomic mass is 16.5. The summed E-state index contributed by atoms with van der Waals surface area (Å²) in [4.78, 5) is 19.6. The predicted octanol–water partition coefficient (Wildman–Crippen LogP) is 2.63. The van der Waals surface area contributed by atoms with Crippen molar-refractivity contribution in [2.45, 2.75) is 13.8 Å². The third kappa shape index (κ3) is 3.76. The normalized spacial score (nSPS) is 9.76. The summed E-state index contributed by atoms with van der Waals surface area (Å²) >= 11 is 0. The molecule has 0 aliphatic rings. The van der Waals surface area contributed by atoms with Gasteiger partial charge in [0.25, 0.3) is 0 Å². The van der Waals surface area contributed by atoms with Crippen LogP contribution in [0.2, 0.25) is 0 Å². The lowest BCUT2D eigenvalue weighted by molar-refractivity contribution is 0.0526. The molecule has 2 aromatic rings. The Kier molecular flexibility index (Phi) is 4.46. The Hall–Kier alpha value is -2.94. The zero-order chi connectivity index (χ0) is 15.2. The highest BCUT2D eigenvalue weighted by Crippen LogP contribution is 2.19. The third-order valence-electron chi connectivity index (χ3n) is 2.52. The van der Waals surface area contributed by atoms with E-state index in [0.29, 0.717) is 23.6 Å². The monoisotopic (exact) mass is 283 g/mol. The molecule has 0 radical (unpaired) electrons. The van der Waals surface area contributed by atoms with E-state index in [1.165, 1.54) is 0 Å². The van der Waals surface area contributed by atoms with Crippen molar-refractivity contribution in [1.82, 2.24) is 9.97 Å². The van der Waals surface area contributed by atoms with Crippen LogP contribution in [0.15, 0.2) is 30.3 Å². The lowest BCUT2D eigenvalue weighted by Gasteiger charge is -2.06. The van der Waals surface area contributed by atoms with E-state index in [1.807, 2.05) is 6.07 Å². The number of rotatable bonds is 4. The van der Waals surface area contributed by atoms with Gasteiger partial charge in [-0.2, -0.15) is 10.2 Å². The number of nitriles is 1. The summed E-state index contributed by atoms with van der Waals surface area (Å²) in [5, 5.41) is 8.85. The van der Waals surface area contributed by atoms with Crippen LogP contribution in [0.25, 0.3) is 0 Å². The SMILES string of the molecule is CCOC(=O)c1ccc(Oc2nc(C)cc(C#N)n2)cc1. The third-order valence-corrected chi connectivity index (χ3v) is 2.52. The molecule has 0 aliphatic carbocycles. The first-order valence-corrected chi connectivity index (χ1v) is 6.33. The summed E-state index contributed by atoms with van der Waals surface area (Å²) in [7, 11) is 0. The Balaban J connectivity index is 2.15. The highest BCUT2D eigenvalue weighted by Gasteiger charge is 2.08. The minimum Gasteiger partial charge on any atom is -0.462 e. The smallest absolute Gasteiger partial charge is 0.338 e. The highest BCUT2D eigenvalue weighted by molar-refractivity contribution is 5.89. The molecular formula is C15H13N3O3. The van der Waals surface area contributed by atoms with Crippen molar-refractivity contribution in [3.05, 3.63) is 47.3 Å². The average molecular weight is 283 g/mol. The van der Waals surface area contributed by atoms with Crippen LogP contribution in [0.4, 0.5) is 0 Å². The van der Waals surface area contributed by atoms with E-state index >= 15 is 0 Å². The predicted molar refractivity (Wildman–Crippen MR) is 74.0 cm³/mol. The fraction of sp³-hybridized carbons (Fsp3) is 0.200. The summed E-state index contributed by atoms with van der Waals surface area (Å²) in [6.45, 7) is 3.82. The summed E-state index contributed by atoms with van der Waals surface area (Å²) in [5.41, 5.74) is 1.31. The molecule has 6 heteroatoms. The molecule has 0 spiro atoms. The number of esters is 1. The van der Waals surface area contributed by atoms with E-state index in [2.05, 4.69) is 9.97 Å². The van der Waals surface area contributed by atoms with Gasteiger partial charge in [0.05, 0.1) is 12.2 Å². The molecule has 0 bridgehead atoms. The molecule has 1 heterocycles. The topological polar surface area (TPSA) is 85.1 Å². The number of aromatic nitrogens is 2. The lowest BCUT2D eigenvalue weighted by Crippen LogP contribution is -2.04. The zero-order valence-electron chi connectivity index (χ0n) is 11.7. The van der Waals surface area contributed by atoms with Crippen molar-refractivity contribution < 1.29 is 14.3 Å². The van der Waals surface area contributed by atoms with Crippen LogP contribution in [0.1, 0.15) is 28.7 Å². The van der Waals surface area contributed by atoms with Crippen LogP contribution in [-0.2, 0) is 4.74 Å². The van der Waals surface area contributed by atoms with E-state index in [4.69, 9.17) is 14.7 Å². The van der Waals surface area contributed by atoms with Crippen LogP contribution in [0.3, 0.4) is 0 Å². The van der Waals surface area contributed by atoms with Crippen molar-refractivity contribution >= 4 is 5.97 Å². The summed E-state index contributed by atoms with van der Waals surface area (Å²) < 4.78 is 10.4. The Morgan fingerprint density at radius 1 is 1.29 bits per heavy atom. The molecule has 0 unspecified atom stereocenters. The van der Waals surface area contributed by atoms with Crippen molar-refractivity contribution in [3.8, 4) is 17.8 Å². The molecule has 0 atom stereocenters. The second kappa shape index (κ2) is 6.48. The zero-order valence-corrected chi connectivity index (χ0v) is 11.7. The Bertz CT molecular complexity index is 690. The quantitative estimate of drug-likeness (QED) is 0.802. The fourth-order valence-electron chi connectivity index (χ4n) is 1.62. The summed E-state index contributed by atoms with van der Waals surface area (Å²) in [6.07, 6.45) is 0. The second-order valence-electron chi connectivity index (χ2n) is 4.14. The molecule has 0 saturated heterocycles. The maximum absolute atomic E-state index is 11.5. The van der Waals surface area contributed by atoms with Crippen molar-refractivity contribution in [2.75, 3.05) is 6.61 Å². The van der Waals surface area contributed by atoms with Crippen molar-refractivity contribution in [2.24, 2.45) is 0 Å². The molecular weight excluding hydrogens is 270 g/mol. The largest absolute Gasteiger partial charge is 0.462 e. The Labute approximate surface area is 122 Å². The van der Waals surface area contributed by atoms with Crippen molar-refractivity contribution in [1.29, 1.82) is 5.26 Å².